The average molecular weight is 351 g/mol. The number of benzene rings is 2. The van der Waals surface area contributed by atoms with E-state index in [1.807, 2.05) is 42.6 Å². The standard InChI is InChI=1S/C21H19ClN2O/c1-14-11-18(13-23-20-9-7-17(8-10-20)16(3)25)15(2)24(14)21-6-4-5-19(22)12-21/h4-13H,1-3H3. The van der Waals surface area contributed by atoms with Crippen molar-refractivity contribution in [2.24, 2.45) is 4.99 Å². The SMILES string of the molecule is CC(=O)c1ccc(N=Cc2cc(C)n(-c3cccc(Cl)c3)c2C)cc1. The minimum absolute atomic E-state index is 0.0561. The molecule has 0 saturated carbocycles. The van der Waals surface area contributed by atoms with Gasteiger partial charge in [0, 0.05) is 39.4 Å². The first-order valence-corrected chi connectivity index (χ1v) is 8.43. The quantitative estimate of drug-likeness (QED) is 0.439. The summed E-state index contributed by atoms with van der Waals surface area (Å²) in [5.41, 5.74) is 5.81. The van der Waals surface area contributed by atoms with Crippen LogP contribution in [0.25, 0.3) is 5.69 Å². The predicted octanol–water partition coefficient (Wildman–Crippen LogP) is 5.70. The summed E-state index contributed by atoms with van der Waals surface area (Å²) in [6.07, 6.45) is 1.85. The van der Waals surface area contributed by atoms with Crippen molar-refractivity contribution in [1.82, 2.24) is 4.57 Å². The molecule has 1 aromatic heterocycles. The van der Waals surface area contributed by atoms with Crippen molar-refractivity contribution in [2.75, 3.05) is 0 Å². The zero-order chi connectivity index (χ0) is 18.0. The zero-order valence-electron chi connectivity index (χ0n) is 14.5. The van der Waals surface area contributed by atoms with Gasteiger partial charge in [0.2, 0.25) is 0 Å². The highest BCUT2D eigenvalue weighted by atomic mass is 35.5. The van der Waals surface area contributed by atoms with Gasteiger partial charge < -0.3 is 4.57 Å². The predicted molar refractivity (Wildman–Crippen MR) is 104 cm³/mol. The van der Waals surface area contributed by atoms with E-state index in [9.17, 15) is 4.79 Å². The number of carbonyl (C=O) groups excluding carboxylic acids is 1. The normalized spacial score (nSPS) is 11.2. The fourth-order valence-corrected chi connectivity index (χ4v) is 3.04. The van der Waals surface area contributed by atoms with Gasteiger partial charge in [0.15, 0.2) is 5.78 Å². The molecule has 3 rings (SSSR count). The van der Waals surface area contributed by atoms with Crippen molar-refractivity contribution in [3.05, 3.63) is 82.1 Å². The van der Waals surface area contributed by atoms with Crippen LogP contribution in [-0.2, 0) is 0 Å². The molecule has 0 unspecified atom stereocenters. The number of aryl methyl sites for hydroxylation is 1. The number of aliphatic imine (C=N–C) groups is 1. The van der Waals surface area contributed by atoms with Crippen LogP contribution >= 0.6 is 11.6 Å². The van der Waals surface area contributed by atoms with Crippen LogP contribution < -0.4 is 0 Å². The lowest BCUT2D eigenvalue weighted by atomic mass is 10.1. The molecule has 0 N–H and O–H groups in total. The van der Waals surface area contributed by atoms with Gasteiger partial charge in [-0.15, -0.1) is 0 Å². The Hall–Kier alpha value is -2.65. The Morgan fingerprint density at radius 1 is 1.08 bits per heavy atom. The van der Waals surface area contributed by atoms with Crippen LogP contribution in [0.5, 0.6) is 0 Å². The highest BCUT2D eigenvalue weighted by molar-refractivity contribution is 6.30. The van der Waals surface area contributed by atoms with Gasteiger partial charge in [0.25, 0.3) is 0 Å². The Kier molecular flexibility index (Phi) is 4.86. The molecule has 0 atom stereocenters. The minimum atomic E-state index is 0.0561. The third kappa shape index (κ3) is 3.72. The number of ketones is 1. The lowest BCUT2D eigenvalue weighted by Crippen LogP contribution is -1.99. The van der Waals surface area contributed by atoms with Crippen LogP contribution in [0.15, 0.2) is 59.6 Å². The molecule has 0 aliphatic rings. The second-order valence-electron chi connectivity index (χ2n) is 6.00. The van der Waals surface area contributed by atoms with Crippen molar-refractivity contribution in [3.8, 4) is 5.69 Å². The number of hydrogen-bond acceptors (Lipinski definition) is 2. The average Bonchev–Trinajstić information content (AvgIpc) is 2.87. The summed E-state index contributed by atoms with van der Waals surface area (Å²) >= 11 is 6.12. The van der Waals surface area contributed by atoms with Crippen LogP contribution in [0.3, 0.4) is 0 Å². The molecular weight excluding hydrogens is 332 g/mol. The van der Waals surface area contributed by atoms with Crippen molar-refractivity contribution < 1.29 is 4.79 Å². The molecular formula is C21H19ClN2O. The van der Waals surface area contributed by atoms with E-state index in [4.69, 9.17) is 11.6 Å². The van der Waals surface area contributed by atoms with Crippen LogP contribution in [0, 0.1) is 13.8 Å². The van der Waals surface area contributed by atoms with Crippen molar-refractivity contribution in [1.29, 1.82) is 0 Å². The van der Waals surface area contributed by atoms with E-state index in [0.29, 0.717) is 10.6 Å². The summed E-state index contributed by atoms with van der Waals surface area (Å²) in [5, 5.41) is 0.714. The summed E-state index contributed by atoms with van der Waals surface area (Å²) in [6, 6.07) is 17.2. The number of rotatable bonds is 4. The molecule has 25 heavy (non-hydrogen) atoms. The number of Topliss-reactive ketones (excluding diaryl/α,β-unsaturated/α-hetero) is 1. The molecule has 0 fully saturated rings. The summed E-state index contributed by atoms with van der Waals surface area (Å²) in [4.78, 5) is 15.9. The third-order valence-corrected chi connectivity index (χ3v) is 4.40. The van der Waals surface area contributed by atoms with Crippen LogP contribution in [0.2, 0.25) is 5.02 Å². The molecule has 3 aromatic rings. The molecule has 3 nitrogen and oxygen atoms in total. The molecule has 1 heterocycles. The van der Waals surface area contributed by atoms with E-state index >= 15 is 0 Å². The monoisotopic (exact) mass is 350 g/mol. The second-order valence-corrected chi connectivity index (χ2v) is 6.44. The fourth-order valence-electron chi connectivity index (χ4n) is 2.86. The Labute approximate surface area is 152 Å². The van der Waals surface area contributed by atoms with Gasteiger partial charge in [0.1, 0.15) is 0 Å². The second kappa shape index (κ2) is 7.08. The Bertz CT molecular complexity index is 953. The summed E-state index contributed by atoms with van der Waals surface area (Å²) < 4.78 is 2.16. The first-order chi connectivity index (χ1) is 12.0. The maximum Gasteiger partial charge on any atom is 0.159 e. The van der Waals surface area contributed by atoms with E-state index < -0.39 is 0 Å². The van der Waals surface area contributed by atoms with Crippen molar-refractivity contribution in [3.63, 3.8) is 0 Å². The Morgan fingerprint density at radius 3 is 2.44 bits per heavy atom. The number of nitrogens with zero attached hydrogens (tertiary/aromatic N) is 2. The van der Waals surface area contributed by atoms with Gasteiger partial charge >= 0.3 is 0 Å². The number of carbonyl (C=O) groups is 1. The maximum atomic E-state index is 11.3. The zero-order valence-corrected chi connectivity index (χ0v) is 15.2. The Balaban J connectivity index is 1.91. The maximum absolute atomic E-state index is 11.3. The highest BCUT2D eigenvalue weighted by Crippen LogP contribution is 2.23. The molecule has 0 amide bonds. The van der Waals surface area contributed by atoms with Gasteiger partial charge in [-0.05, 0) is 69.3 Å². The smallest absolute Gasteiger partial charge is 0.159 e. The van der Waals surface area contributed by atoms with Crippen LogP contribution in [0.4, 0.5) is 5.69 Å². The molecule has 0 aliphatic heterocycles. The molecule has 0 radical (unpaired) electrons. The number of aromatic nitrogens is 1. The van der Waals surface area contributed by atoms with E-state index in [1.165, 1.54) is 0 Å². The fraction of sp³-hybridized carbons (Fsp3) is 0.143. The van der Waals surface area contributed by atoms with Crippen LogP contribution in [-0.4, -0.2) is 16.6 Å². The Morgan fingerprint density at radius 2 is 1.80 bits per heavy atom. The number of halogens is 1. The lowest BCUT2D eigenvalue weighted by molar-refractivity contribution is 0.101. The first kappa shape index (κ1) is 17.2. The van der Waals surface area contributed by atoms with Gasteiger partial charge in [0.05, 0.1) is 5.69 Å². The first-order valence-electron chi connectivity index (χ1n) is 8.05. The molecule has 126 valence electrons. The van der Waals surface area contributed by atoms with Gasteiger partial charge in [-0.2, -0.15) is 0 Å². The lowest BCUT2D eigenvalue weighted by Gasteiger charge is -2.09. The summed E-state index contributed by atoms with van der Waals surface area (Å²) in [6.45, 7) is 5.68. The van der Waals surface area contributed by atoms with Crippen molar-refractivity contribution >= 4 is 29.3 Å². The van der Waals surface area contributed by atoms with Gasteiger partial charge in [-0.25, -0.2) is 0 Å². The molecule has 0 bridgehead atoms. The van der Waals surface area contributed by atoms with E-state index in [2.05, 4.69) is 29.5 Å². The van der Waals surface area contributed by atoms with E-state index in [1.54, 1.807) is 19.1 Å². The van der Waals surface area contributed by atoms with Crippen LogP contribution in [0.1, 0.15) is 34.2 Å². The largest absolute Gasteiger partial charge is 0.318 e. The summed E-state index contributed by atoms with van der Waals surface area (Å²) in [7, 11) is 0. The van der Waals surface area contributed by atoms with E-state index in [-0.39, 0.29) is 5.78 Å². The molecule has 2 aromatic carbocycles. The number of hydrogen-bond donors (Lipinski definition) is 0. The minimum Gasteiger partial charge on any atom is -0.318 e. The van der Waals surface area contributed by atoms with Crippen molar-refractivity contribution in [2.45, 2.75) is 20.8 Å². The molecule has 0 aliphatic carbocycles. The summed E-state index contributed by atoms with van der Waals surface area (Å²) in [5.74, 6) is 0.0561. The highest BCUT2D eigenvalue weighted by Gasteiger charge is 2.09. The van der Waals surface area contributed by atoms with Gasteiger partial charge in [-0.3, -0.25) is 9.79 Å². The van der Waals surface area contributed by atoms with Gasteiger partial charge in [-0.1, -0.05) is 17.7 Å². The topological polar surface area (TPSA) is 34.4 Å². The van der Waals surface area contributed by atoms with E-state index in [0.717, 1.165) is 28.3 Å². The molecule has 0 saturated heterocycles. The third-order valence-electron chi connectivity index (χ3n) is 4.16. The molecule has 4 heteroatoms. The molecule has 0 spiro atoms.